The Morgan fingerprint density at radius 2 is 1.76 bits per heavy atom. The number of fused-ring (bicyclic) bond motifs is 3. The predicted octanol–water partition coefficient (Wildman–Crippen LogP) is 7.95. The van der Waals surface area contributed by atoms with Crippen molar-refractivity contribution in [3.05, 3.63) is 112 Å². The van der Waals surface area contributed by atoms with Gasteiger partial charge in [0.1, 0.15) is 25.3 Å². The number of hydrogen-bond acceptors (Lipinski definition) is 5. The van der Waals surface area contributed by atoms with E-state index in [9.17, 15) is 22.0 Å². The third kappa shape index (κ3) is 6.03. The molecule has 234 valence electrons. The molecular weight excluding hydrogens is 608 g/mol. The number of alkyl halides is 3. The number of nitrogens with zero attached hydrogens (tertiary/aromatic N) is 3. The molecule has 1 unspecified atom stereocenters. The normalized spacial score (nSPS) is 16.3. The van der Waals surface area contributed by atoms with Crippen LogP contribution in [0.5, 0.6) is 0 Å². The van der Waals surface area contributed by atoms with Gasteiger partial charge in [-0.25, -0.2) is 8.78 Å². The standard InChI is InChI=1S/C33H32BClF5N5/c1-17(20-12-21(33(38,39)40)14-23(37)13-20)41-26-16-27-31(45(32(4,5)34)19(3)44(27)11-10-43(6)7)28-18(2)42-30(29(26)28)24-15-22(36)8-9-25(24)35/h8-9,12-16,30,41-42H,1-3,10-11H2,4-7H3. The van der Waals surface area contributed by atoms with Crippen molar-refractivity contribution in [3.8, 4) is 0 Å². The maximum absolute atomic E-state index is 14.6. The Morgan fingerprint density at radius 3 is 2.38 bits per heavy atom. The van der Waals surface area contributed by atoms with E-state index in [0.717, 1.165) is 12.1 Å². The van der Waals surface area contributed by atoms with Crippen LogP contribution in [0.15, 0.2) is 68.0 Å². The van der Waals surface area contributed by atoms with Gasteiger partial charge in [-0.2, -0.15) is 13.2 Å². The van der Waals surface area contributed by atoms with Crippen LogP contribution in [0.4, 0.5) is 39.0 Å². The van der Waals surface area contributed by atoms with Crippen LogP contribution in [-0.2, 0) is 6.18 Å². The summed E-state index contributed by atoms with van der Waals surface area (Å²) in [5.41, 5.74) is 1.79. The van der Waals surface area contributed by atoms with Gasteiger partial charge in [-0.3, -0.25) is 0 Å². The number of likely N-dealkylation sites (N-methyl/N-ethyl adjacent to an activating group) is 1. The topological polar surface area (TPSA) is 33.8 Å². The van der Waals surface area contributed by atoms with Gasteiger partial charge in [0.2, 0.25) is 0 Å². The molecule has 45 heavy (non-hydrogen) atoms. The van der Waals surface area contributed by atoms with Crippen molar-refractivity contribution >= 4 is 47.9 Å². The Hall–Kier alpha value is -3.96. The lowest BCUT2D eigenvalue weighted by atomic mass is 9.79. The molecule has 0 saturated heterocycles. The van der Waals surface area contributed by atoms with E-state index >= 15 is 0 Å². The molecule has 2 radical (unpaired) electrons. The Morgan fingerprint density at radius 1 is 1.07 bits per heavy atom. The van der Waals surface area contributed by atoms with Gasteiger partial charge in [-0.05, 0) is 56.6 Å². The molecule has 5 nitrogen and oxygen atoms in total. The van der Waals surface area contributed by atoms with Crippen LogP contribution in [-0.4, -0.2) is 45.4 Å². The summed E-state index contributed by atoms with van der Waals surface area (Å²) >= 11 is 6.58. The van der Waals surface area contributed by atoms with E-state index in [1.165, 1.54) is 18.2 Å². The summed E-state index contributed by atoms with van der Waals surface area (Å²) in [6, 6.07) is 7.32. The minimum atomic E-state index is -4.77. The molecule has 12 heteroatoms. The highest BCUT2D eigenvalue weighted by atomic mass is 35.5. The largest absolute Gasteiger partial charge is 0.416 e. The predicted molar refractivity (Wildman–Crippen MR) is 173 cm³/mol. The van der Waals surface area contributed by atoms with Gasteiger partial charge in [-0.1, -0.05) is 45.2 Å². The van der Waals surface area contributed by atoms with Crippen molar-refractivity contribution in [1.29, 1.82) is 0 Å². The van der Waals surface area contributed by atoms with Crippen molar-refractivity contribution < 1.29 is 22.0 Å². The first-order valence-electron chi connectivity index (χ1n) is 14.0. The van der Waals surface area contributed by atoms with Gasteiger partial charge in [0, 0.05) is 62.9 Å². The maximum Gasteiger partial charge on any atom is 0.416 e. The quantitative estimate of drug-likeness (QED) is 0.193. The van der Waals surface area contributed by atoms with E-state index in [4.69, 9.17) is 19.4 Å². The van der Waals surface area contributed by atoms with Crippen molar-refractivity contribution in [1.82, 2.24) is 10.2 Å². The number of nitrogens with one attached hydrogen (secondary N) is 2. The highest BCUT2D eigenvalue weighted by Crippen LogP contribution is 2.56. The van der Waals surface area contributed by atoms with Crippen molar-refractivity contribution in [3.63, 3.8) is 0 Å². The first-order valence-corrected chi connectivity index (χ1v) is 14.4. The zero-order valence-electron chi connectivity index (χ0n) is 25.3. The van der Waals surface area contributed by atoms with Crippen molar-refractivity contribution in [2.24, 2.45) is 0 Å². The molecular formula is C33H32BClF5N5. The van der Waals surface area contributed by atoms with Gasteiger partial charge in [-0.15, -0.1) is 0 Å². The number of rotatable bonds is 8. The fraction of sp³-hybridized carbons (Fsp3) is 0.273. The summed E-state index contributed by atoms with van der Waals surface area (Å²) in [7, 11) is 10.6. The van der Waals surface area contributed by atoms with Crippen LogP contribution < -0.4 is 20.4 Å². The van der Waals surface area contributed by atoms with Crippen molar-refractivity contribution in [2.45, 2.75) is 31.5 Å². The number of anilines is 3. The second-order valence-electron chi connectivity index (χ2n) is 12.0. The minimum Gasteiger partial charge on any atom is -0.374 e. The lowest BCUT2D eigenvalue weighted by molar-refractivity contribution is -0.137. The molecule has 2 aliphatic heterocycles. The molecule has 2 aliphatic rings. The summed E-state index contributed by atoms with van der Waals surface area (Å²) < 4.78 is 69.6. The van der Waals surface area contributed by atoms with E-state index in [1.54, 1.807) is 0 Å². The van der Waals surface area contributed by atoms with Crippen molar-refractivity contribution in [2.75, 3.05) is 42.3 Å². The summed E-state index contributed by atoms with van der Waals surface area (Å²) in [5.74, 6) is -0.964. The molecule has 1 atom stereocenters. The van der Waals surface area contributed by atoms with Gasteiger partial charge in [0.15, 0.2) is 0 Å². The highest BCUT2D eigenvalue weighted by molar-refractivity contribution is 6.31. The summed E-state index contributed by atoms with van der Waals surface area (Å²) in [6.07, 6.45) is -4.77. The molecule has 0 amide bonds. The van der Waals surface area contributed by atoms with Gasteiger partial charge in [0.05, 0.1) is 23.0 Å². The van der Waals surface area contributed by atoms with Crippen LogP contribution in [0.1, 0.15) is 47.7 Å². The Kier molecular flexibility index (Phi) is 8.25. The monoisotopic (exact) mass is 639 g/mol. The summed E-state index contributed by atoms with van der Waals surface area (Å²) in [5, 5.41) is 6.75. The third-order valence-electron chi connectivity index (χ3n) is 7.79. The maximum atomic E-state index is 14.6. The fourth-order valence-electron chi connectivity index (χ4n) is 5.82. The average molecular weight is 640 g/mol. The highest BCUT2D eigenvalue weighted by Gasteiger charge is 2.44. The van der Waals surface area contributed by atoms with E-state index in [2.05, 4.69) is 30.4 Å². The molecule has 0 spiro atoms. The Labute approximate surface area is 266 Å². The molecule has 0 saturated carbocycles. The molecule has 0 aromatic heterocycles. The average Bonchev–Trinajstić information content (AvgIpc) is 3.41. The number of benzene rings is 3. The lowest BCUT2D eigenvalue weighted by Gasteiger charge is -2.37. The van der Waals surface area contributed by atoms with E-state index in [0.29, 0.717) is 64.4 Å². The zero-order valence-corrected chi connectivity index (χ0v) is 26.1. The molecule has 2 N–H and O–H groups in total. The smallest absolute Gasteiger partial charge is 0.374 e. The Balaban J connectivity index is 1.76. The van der Waals surface area contributed by atoms with Crippen LogP contribution in [0.2, 0.25) is 5.02 Å². The molecule has 0 bridgehead atoms. The Bertz CT molecular complexity index is 1730. The zero-order chi connectivity index (χ0) is 33.2. The van der Waals surface area contributed by atoms with Gasteiger partial charge < -0.3 is 25.3 Å². The van der Waals surface area contributed by atoms with E-state index in [1.807, 2.05) is 48.7 Å². The molecule has 3 aromatic carbocycles. The number of hydrogen-bond donors (Lipinski definition) is 2. The summed E-state index contributed by atoms with van der Waals surface area (Å²) in [4.78, 5) is 5.92. The molecule has 0 aliphatic carbocycles. The van der Waals surface area contributed by atoms with Crippen LogP contribution in [0, 0.1) is 11.6 Å². The number of halogens is 6. The van der Waals surface area contributed by atoms with E-state index < -0.39 is 34.9 Å². The second-order valence-corrected chi connectivity index (χ2v) is 12.4. The van der Waals surface area contributed by atoms with E-state index in [-0.39, 0.29) is 16.3 Å². The molecule has 5 rings (SSSR count). The molecule has 2 heterocycles. The lowest BCUT2D eigenvalue weighted by Crippen LogP contribution is -2.45. The van der Waals surface area contributed by atoms with Crippen LogP contribution in [0.25, 0.3) is 11.4 Å². The second kappa shape index (κ2) is 11.4. The fourth-order valence-corrected chi connectivity index (χ4v) is 6.05. The van der Waals surface area contributed by atoms with Gasteiger partial charge in [0.25, 0.3) is 0 Å². The molecule has 3 aromatic rings. The SMILES string of the molecule is [B]C(C)(C)N1C(=C)N(CCN(C)C)c2cc(NC(=C)c3cc(F)cc(C(F)(F)F)c3)c3c(c21)C(=C)NC3c1cc(F)ccc1Cl. The first kappa shape index (κ1) is 32.4. The van der Waals surface area contributed by atoms with Crippen LogP contribution in [0.3, 0.4) is 0 Å². The van der Waals surface area contributed by atoms with Gasteiger partial charge >= 0.3 is 6.18 Å². The summed E-state index contributed by atoms with van der Waals surface area (Å²) in [6.45, 7) is 17.5. The third-order valence-corrected chi connectivity index (χ3v) is 8.13. The molecule has 0 fully saturated rings. The first-order chi connectivity index (χ1) is 20.9. The minimum absolute atomic E-state index is 0.0106. The van der Waals surface area contributed by atoms with Crippen LogP contribution >= 0.6 is 11.6 Å².